The van der Waals surface area contributed by atoms with Crippen molar-refractivity contribution in [2.45, 2.75) is 25.9 Å². The molecule has 1 amide bonds. The summed E-state index contributed by atoms with van der Waals surface area (Å²) in [5.41, 5.74) is 1.14. The fourth-order valence-corrected chi connectivity index (χ4v) is 3.42. The maximum Gasteiger partial charge on any atom is 0.412 e. The number of aliphatic hydroxyl groups is 1. The third-order valence-corrected chi connectivity index (χ3v) is 4.99. The molecule has 9 heteroatoms. The van der Waals surface area contributed by atoms with Crippen molar-refractivity contribution in [2.24, 2.45) is 5.92 Å². The summed E-state index contributed by atoms with van der Waals surface area (Å²) in [6.45, 7) is 1.99. The Balaban J connectivity index is 1.76. The molecular formula is C24H27NO8. The van der Waals surface area contributed by atoms with Crippen LogP contribution in [0.5, 0.6) is 17.2 Å². The van der Waals surface area contributed by atoms with Gasteiger partial charge >= 0.3 is 12.1 Å². The molecule has 3 N–H and O–H groups in total. The molecule has 0 unspecified atom stereocenters. The molecule has 2 atom stereocenters. The molecule has 0 saturated carbocycles. The van der Waals surface area contributed by atoms with Gasteiger partial charge in [0.05, 0.1) is 6.61 Å². The molecule has 1 aliphatic rings. The van der Waals surface area contributed by atoms with Gasteiger partial charge in [-0.3, -0.25) is 5.32 Å². The Labute approximate surface area is 191 Å². The van der Waals surface area contributed by atoms with Crippen molar-refractivity contribution in [3.8, 4) is 17.2 Å². The maximum atomic E-state index is 12.8. The zero-order chi connectivity index (χ0) is 23.6. The largest absolute Gasteiger partial charge is 0.491 e. The molecule has 33 heavy (non-hydrogen) atoms. The van der Waals surface area contributed by atoms with Crippen LogP contribution >= 0.6 is 0 Å². The van der Waals surface area contributed by atoms with Crippen molar-refractivity contribution in [2.75, 3.05) is 25.3 Å². The number of anilines is 1. The van der Waals surface area contributed by atoms with Crippen LogP contribution in [0.4, 0.5) is 10.5 Å². The van der Waals surface area contributed by atoms with Crippen molar-refractivity contribution in [1.29, 1.82) is 0 Å². The van der Waals surface area contributed by atoms with Gasteiger partial charge in [-0.2, -0.15) is 0 Å². The highest BCUT2D eigenvalue weighted by atomic mass is 16.7. The van der Waals surface area contributed by atoms with Gasteiger partial charge in [-0.25, -0.2) is 9.59 Å². The van der Waals surface area contributed by atoms with Crippen LogP contribution in [0, 0.1) is 5.92 Å². The summed E-state index contributed by atoms with van der Waals surface area (Å²) in [7, 11) is 0. The number of allylic oxidation sites excluding steroid dienone is 1. The number of carboxylic acids is 1. The fraction of sp³-hybridized carbons (Fsp3) is 0.333. The quantitative estimate of drug-likeness (QED) is 0.430. The van der Waals surface area contributed by atoms with Crippen LogP contribution < -0.4 is 19.5 Å². The average molecular weight is 457 g/mol. The lowest BCUT2D eigenvalue weighted by atomic mass is 9.92. The third-order valence-electron chi connectivity index (χ3n) is 4.99. The minimum Gasteiger partial charge on any atom is -0.491 e. The first-order valence-corrected chi connectivity index (χ1v) is 10.6. The Morgan fingerprint density at radius 3 is 2.76 bits per heavy atom. The van der Waals surface area contributed by atoms with E-state index in [1.54, 1.807) is 42.5 Å². The van der Waals surface area contributed by atoms with Crippen molar-refractivity contribution in [1.82, 2.24) is 0 Å². The van der Waals surface area contributed by atoms with E-state index in [9.17, 15) is 9.59 Å². The topological polar surface area (TPSA) is 124 Å². The van der Waals surface area contributed by atoms with Gasteiger partial charge in [0.1, 0.15) is 18.5 Å². The summed E-state index contributed by atoms with van der Waals surface area (Å²) in [5.74, 6) is 0.460. The predicted molar refractivity (Wildman–Crippen MR) is 120 cm³/mol. The van der Waals surface area contributed by atoms with Gasteiger partial charge in [0.2, 0.25) is 6.79 Å². The number of amides is 1. The van der Waals surface area contributed by atoms with E-state index in [4.69, 9.17) is 29.2 Å². The van der Waals surface area contributed by atoms with Crippen LogP contribution in [0.25, 0.3) is 0 Å². The summed E-state index contributed by atoms with van der Waals surface area (Å²) in [6.07, 6.45) is 2.39. The van der Waals surface area contributed by atoms with E-state index in [0.717, 1.165) is 6.08 Å². The Hall–Kier alpha value is -3.72. The minimum absolute atomic E-state index is 0.100. The highest BCUT2D eigenvalue weighted by Gasteiger charge is 2.27. The Kier molecular flexibility index (Phi) is 8.54. The van der Waals surface area contributed by atoms with Crippen LogP contribution in [-0.2, 0) is 9.53 Å². The number of aliphatic carboxylic acids is 1. The number of hydrogen-bond acceptors (Lipinski definition) is 7. The van der Waals surface area contributed by atoms with E-state index in [0.29, 0.717) is 41.3 Å². The molecular weight excluding hydrogens is 430 g/mol. The van der Waals surface area contributed by atoms with E-state index >= 15 is 0 Å². The molecule has 0 aromatic heterocycles. The van der Waals surface area contributed by atoms with Crippen LogP contribution in [-0.4, -0.2) is 42.3 Å². The van der Waals surface area contributed by atoms with E-state index in [1.807, 2.05) is 13.0 Å². The van der Waals surface area contributed by atoms with E-state index in [-0.39, 0.29) is 25.9 Å². The number of hydrogen-bond donors (Lipinski definition) is 3. The molecule has 3 rings (SSSR count). The standard InChI is InChI=1S/C24H27NO8/c1-16(6-2-5-9-22(27)28)23(18-7-3-4-8-19(18)30-13-12-26)33-24(29)25-17-10-11-20-21(14-17)32-15-31-20/h3-5,7-11,14,16,23,26H,2,6,12-13,15H2,1H3,(H,25,29)(H,27,28)/b9-5+/t16-,23-/m0/s1. The van der Waals surface area contributed by atoms with Crippen molar-refractivity contribution in [3.63, 3.8) is 0 Å². The Morgan fingerprint density at radius 1 is 1.18 bits per heavy atom. The van der Waals surface area contributed by atoms with Crippen LogP contribution in [0.2, 0.25) is 0 Å². The normalized spacial score (nSPS) is 14.0. The third kappa shape index (κ3) is 6.88. The first kappa shape index (κ1) is 23.9. The van der Waals surface area contributed by atoms with Gasteiger partial charge in [0.25, 0.3) is 0 Å². The number of carbonyl (C=O) groups is 2. The van der Waals surface area contributed by atoms with Crippen molar-refractivity contribution in [3.05, 3.63) is 60.2 Å². The van der Waals surface area contributed by atoms with Gasteiger partial charge in [-0.15, -0.1) is 0 Å². The molecule has 1 aliphatic heterocycles. The highest BCUT2D eigenvalue weighted by molar-refractivity contribution is 5.85. The van der Waals surface area contributed by atoms with Gasteiger partial charge in [0.15, 0.2) is 11.5 Å². The summed E-state index contributed by atoms with van der Waals surface area (Å²) in [4.78, 5) is 23.5. The summed E-state index contributed by atoms with van der Waals surface area (Å²) >= 11 is 0. The minimum atomic E-state index is -1.01. The van der Waals surface area contributed by atoms with E-state index in [2.05, 4.69) is 5.32 Å². The molecule has 1 heterocycles. The number of fused-ring (bicyclic) bond motifs is 1. The first-order valence-electron chi connectivity index (χ1n) is 10.6. The number of para-hydroxylation sites is 1. The number of aliphatic hydroxyl groups excluding tert-OH is 1. The molecule has 9 nitrogen and oxygen atoms in total. The van der Waals surface area contributed by atoms with E-state index in [1.165, 1.54) is 0 Å². The van der Waals surface area contributed by atoms with Crippen LogP contribution in [0.1, 0.15) is 31.4 Å². The molecule has 176 valence electrons. The molecule has 0 bridgehead atoms. The number of nitrogens with one attached hydrogen (secondary N) is 1. The predicted octanol–water partition coefficient (Wildman–Crippen LogP) is 4.13. The Morgan fingerprint density at radius 2 is 1.97 bits per heavy atom. The van der Waals surface area contributed by atoms with Crippen molar-refractivity contribution < 1.29 is 38.7 Å². The molecule has 0 radical (unpaired) electrons. The number of benzene rings is 2. The lowest BCUT2D eigenvalue weighted by molar-refractivity contribution is -0.131. The van der Waals surface area contributed by atoms with E-state index < -0.39 is 18.2 Å². The fourth-order valence-electron chi connectivity index (χ4n) is 3.42. The number of carbonyl (C=O) groups excluding carboxylic acids is 1. The zero-order valence-corrected chi connectivity index (χ0v) is 18.2. The molecule has 2 aromatic carbocycles. The first-order chi connectivity index (χ1) is 16.0. The molecule has 0 aliphatic carbocycles. The SMILES string of the molecule is C[C@@H](CC/C=C/C(=O)O)[C@H](OC(=O)Nc1ccc2c(c1)OCO2)c1ccccc1OCCO. The summed E-state index contributed by atoms with van der Waals surface area (Å²) in [6, 6.07) is 12.2. The highest BCUT2D eigenvalue weighted by Crippen LogP contribution is 2.37. The lowest BCUT2D eigenvalue weighted by Crippen LogP contribution is -2.22. The molecule has 2 aromatic rings. The Bertz CT molecular complexity index is 990. The number of carboxylic acid groups (broad SMARTS) is 1. The number of ether oxygens (including phenoxy) is 4. The van der Waals surface area contributed by atoms with Crippen LogP contribution in [0.15, 0.2) is 54.6 Å². The monoisotopic (exact) mass is 457 g/mol. The van der Waals surface area contributed by atoms with Gasteiger partial charge in [-0.05, 0) is 37.0 Å². The number of rotatable bonds is 11. The zero-order valence-electron chi connectivity index (χ0n) is 18.2. The smallest absolute Gasteiger partial charge is 0.412 e. The van der Waals surface area contributed by atoms with Crippen molar-refractivity contribution >= 4 is 17.7 Å². The van der Waals surface area contributed by atoms with Gasteiger partial charge in [-0.1, -0.05) is 31.2 Å². The van der Waals surface area contributed by atoms with Gasteiger partial charge < -0.3 is 29.2 Å². The second-order valence-electron chi connectivity index (χ2n) is 7.42. The summed E-state index contributed by atoms with van der Waals surface area (Å²) < 4.78 is 22.1. The lowest BCUT2D eigenvalue weighted by Gasteiger charge is -2.26. The second-order valence-corrected chi connectivity index (χ2v) is 7.42. The second kappa shape index (κ2) is 11.8. The maximum absolute atomic E-state index is 12.8. The molecule has 0 fully saturated rings. The average Bonchev–Trinajstić information content (AvgIpc) is 3.27. The molecule has 0 saturated heterocycles. The van der Waals surface area contributed by atoms with Gasteiger partial charge in [0, 0.05) is 23.4 Å². The summed E-state index contributed by atoms with van der Waals surface area (Å²) in [5, 5.41) is 20.6. The van der Waals surface area contributed by atoms with Crippen LogP contribution in [0.3, 0.4) is 0 Å². The molecule has 0 spiro atoms.